The molecule has 0 aliphatic rings. The van der Waals surface area contributed by atoms with E-state index in [1.54, 1.807) is 12.1 Å². The Balaban J connectivity index is 2.88. The van der Waals surface area contributed by atoms with Crippen LogP contribution in [0.5, 0.6) is 5.75 Å². The Hall–Kier alpha value is -1.94. The molecule has 0 radical (unpaired) electrons. The zero-order valence-electron chi connectivity index (χ0n) is 8.07. The summed E-state index contributed by atoms with van der Waals surface area (Å²) < 4.78 is 0. The number of hydrogen-bond acceptors (Lipinski definition) is 3. The Morgan fingerprint density at radius 3 is 2.56 bits per heavy atom. The van der Waals surface area contributed by atoms with Crippen LogP contribution in [0.1, 0.15) is 10.4 Å². The van der Waals surface area contributed by atoms with Gasteiger partial charge in [-0.1, -0.05) is 11.6 Å². The molecular weight excluding hydrogens is 230 g/mol. The molecule has 2 rings (SSSR count). The molecule has 0 saturated carbocycles. The maximum atomic E-state index is 10.8. The predicted octanol–water partition coefficient (Wildman–Crippen LogP) is 2.48. The van der Waals surface area contributed by atoms with E-state index in [4.69, 9.17) is 22.4 Å². The van der Waals surface area contributed by atoms with Crippen LogP contribution in [0, 0.1) is 0 Å². The predicted molar refractivity (Wildman–Crippen MR) is 62.0 cm³/mol. The van der Waals surface area contributed by atoms with Gasteiger partial charge in [0.05, 0.1) is 16.3 Å². The lowest BCUT2D eigenvalue weighted by molar-refractivity contribution is 0.0696. The minimum Gasteiger partial charge on any atom is -0.507 e. The van der Waals surface area contributed by atoms with E-state index in [-0.39, 0.29) is 16.3 Å². The van der Waals surface area contributed by atoms with Crippen LogP contribution in [0.15, 0.2) is 24.3 Å². The number of rotatable bonds is 1. The van der Waals surface area contributed by atoms with Gasteiger partial charge in [0, 0.05) is 10.8 Å². The van der Waals surface area contributed by atoms with Gasteiger partial charge in [0.1, 0.15) is 5.75 Å². The fraction of sp³-hybridized carbons (Fsp3) is 0. The summed E-state index contributed by atoms with van der Waals surface area (Å²) in [6.45, 7) is 0. The summed E-state index contributed by atoms with van der Waals surface area (Å²) in [6, 6.07) is 5.72. The Bertz CT molecular complexity index is 595. The standard InChI is InChI=1S/C11H8ClNO3/c12-10-7-3-5(11(15)16)4-9(14)6(7)1-2-8(10)13/h1-4,14H,13H2,(H,15,16). The Kier molecular flexibility index (Phi) is 2.36. The lowest BCUT2D eigenvalue weighted by Gasteiger charge is -2.07. The first-order valence-electron chi connectivity index (χ1n) is 4.44. The van der Waals surface area contributed by atoms with Crippen LogP contribution in [-0.2, 0) is 0 Å². The molecule has 0 aliphatic carbocycles. The van der Waals surface area contributed by atoms with Crippen LogP contribution >= 0.6 is 11.6 Å². The summed E-state index contributed by atoms with van der Waals surface area (Å²) in [5, 5.41) is 19.6. The van der Waals surface area contributed by atoms with Crippen molar-refractivity contribution in [3.05, 3.63) is 34.9 Å². The second-order valence-corrected chi connectivity index (χ2v) is 3.74. The van der Waals surface area contributed by atoms with Gasteiger partial charge in [-0.3, -0.25) is 0 Å². The van der Waals surface area contributed by atoms with Crippen molar-refractivity contribution in [2.75, 3.05) is 5.73 Å². The molecule has 0 aliphatic heterocycles. The van der Waals surface area contributed by atoms with E-state index in [0.717, 1.165) is 0 Å². The van der Waals surface area contributed by atoms with Crippen molar-refractivity contribution in [1.82, 2.24) is 0 Å². The number of nitrogen functional groups attached to an aromatic ring is 1. The number of nitrogens with two attached hydrogens (primary N) is 1. The number of aromatic hydroxyl groups is 1. The molecule has 0 bridgehead atoms. The summed E-state index contributed by atoms with van der Waals surface area (Å²) in [7, 11) is 0. The van der Waals surface area contributed by atoms with Gasteiger partial charge in [0.15, 0.2) is 0 Å². The van der Waals surface area contributed by atoms with Gasteiger partial charge in [0.2, 0.25) is 0 Å². The van der Waals surface area contributed by atoms with Gasteiger partial charge in [-0.05, 0) is 24.3 Å². The lowest BCUT2D eigenvalue weighted by Crippen LogP contribution is -1.96. The van der Waals surface area contributed by atoms with E-state index in [2.05, 4.69) is 0 Å². The highest BCUT2D eigenvalue weighted by Crippen LogP contribution is 2.34. The number of phenolic OH excluding ortho intramolecular Hbond substituents is 1. The number of carboxylic acids is 1. The number of carbonyl (C=O) groups is 1. The quantitative estimate of drug-likeness (QED) is 0.666. The van der Waals surface area contributed by atoms with Crippen molar-refractivity contribution < 1.29 is 15.0 Å². The molecular formula is C11H8ClNO3. The Morgan fingerprint density at radius 2 is 1.94 bits per heavy atom. The van der Waals surface area contributed by atoms with Crippen LogP contribution in [0.3, 0.4) is 0 Å². The van der Waals surface area contributed by atoms with Gasteiger partial charge >= 0.3 is 5.97 Å². The van der Waals surface area contributed by atoms with Crippen molar-refractivity contribution in [1.29, 1.82) is 0 Å². The summed E-state index contributed by atoms with van der Waals surface area (Å²) in [4.78, 5) is 10.8. The highest BCUT2D eigenvalue weighted by atomic mass is 35.5. The second kappa shape index (κ2) is 3.57. The van der Waals surface area contributed by atoms with E-state index in [1.165, 1.54) is 12.1 Å². The van der Waals surface area contributed by atoms with Gasteiger partial charge < -0.3 is 15.9 Å². The van der Waals surface area contributed by atoms with Crippen LogP contribution in [-0.4, -0.2) is 16.2 Å². The fourth-order valence-electron chi connectivity index (χ4n) is 1.52. The van der Waals surface area contributed by atoms with E-state index >= 15 is 0 Å². The third kappa shape index (κ3) is 1.53. The zero-order valence-corrected chi connectivity index (χ0v) is 8.82. The van der Waals surface area contributed by atoms with E-state index < -0.39 is 5.97 Å². The maximum absolute atomic E-state index is 10.8. The van der Waals surface area contributed by atoms with Crippen LogP contribution < -0.4 is 5.73 Å². The summed E-state index contributed by atoms with van der Waals surface area (Å²) in [6.07, 6.45) is 0. The Morgan fingerprint density at radius 1 is 1.25 bits per heavy atom. The van der Waals surface area contributed by atoms with E-state index in [9.17, 15) is 9.90 Å². The van der Waals surface area contributed by atoms with Crippen molar-refractivity contribution in [2.45, 2.75) is 0 Å². The van der Waals surface area contributed by atoms with Crippen molar-refractivity contribution >= 4 is 34.0 Å². The number of aromatic carboxylic acids is 1. The molecule has 5 heteroatoms. The number of benzene rings is 2. The van der Waals surface area contributed by atoms with Crippen LogP contribution in [0.2, 0.25) is 5.02 Å². The molecule has 82 valence electrons. The first-order valence-corrected chi connectivity index (χ1v) is 4.82. The SMILES string of the molecule is Nc1ccc2c(O)cc(C(=O)O)cc2c1Cl. The molecule has 0 saturated heterocycles. The number of carboxylic acid groups (broad SMARTS) is 1. The van der Waals surface area contributed by atoms with Crippen LogP contribution in [0.25, 0.3) is 10.8 Å². The minimum atomic E-state index is -1.13. The maximum Gasteiger partial charge on any atom is 0.335 e. The number of hydrogen-bond donors (Lipinski definition) is 3. The largest absolute Gasteiger partial charge is 0.507 e. The molecule has 2 aromatic carbocycles. The van der Waals surface area contributed by atoms with Crippen LogP contribution in [0.4, 0.5) is 5.69 Å². The lowest BCUT2D eigenvalue weighted by atomic mass is 10.1. The highest BCUT2D eigenvalue weighted by Gasteiger charge is 2.11. The first-order chi connectivity index (χ1) is 7.50. The number of phenols is 1. The van der Waals surface area contributed by atoms with E-state index in [1.807, 2.05) is 0 Å². The summed E-state index contributed by atoms with van der Waals surface area (Å²) in [5.74, 6) is -1.26. The second-order valence-electron chi connectivity index (χ2n) is 3.36. The zero-order chi connectivity index (χ0) is 11.9. The molecule has 4 N–H and O–H groups in total. The number of halogens is 1. The van der Waals surface area contributed by atoms with Gasteiger partial charge in [0.25, 0.3) is 0 Å². The molecule has 2 aromatic rings. The first kappa shape index (κ1) is 10.6. The molecule has 0 spiro atoms. The Labute approximate surface area is 95.9 Å². The van der Waals surface area contributed by atoms with Gasteiger partial charge in [-0.25, -0.2) is 4.79 Å². The third-order valence-corrected chi connectivity index (χ3v) is 2.75. The fourth-order valence-corrected chi connectivity index (χ4v) is 1.74. The monoisotopic (exact) mass is 237 g/mol. The number of anilines is 1. The molecule has 0 fully saturated rings. The van der Waals surface area contributed by atoms with Crippen molar-refractivity contribution in [3.8, 4) is 5.75 Å². The number of fused-ring (bicyclic) bond motifs is 1. The van der Waals surface area contributed by atoms with Crippen molar-refractivity contribution in [3.63, 3.8) is 0 Å². The molecule has 4 nitrogen and oxygen atoms in total. The third-order valence-electron chi connectivity index (χ3n) is 2.32. The average molecular weight is 238 g/mol. The minimum absolute atomic E-state index is 0.0301. The molecule has 16 heavy (non-hydrogen) atoms. The van der Waals surface area contributed by atoms with Gasteiger partial charge in [-0.15, -0.1) is 0 Å². The summed E-state index contributed by atoms with van der Waals surface area (Å²) in [5.41, 5.74) is 5.91. The molecule has 0 unspecified atom stereocenters. The van der Waals surface area contributed by atoms with E-state index in [0.29, 0.717) is 16.5 Å². The topological polar surface area (TPSA) is 83.5 Å². The molecule has 0 aromatic heterocycles. The molecule has 0 amide bonds. The highest BCUT2D eigenvalue weighted by molar-refractivity contribution is 6.38. The van der Waals surface area contributed by atoms with Crippen molar-refractivity contribution in [2.24, 2.45) is 0 Å². The van der Waals surface area contributed by atoms with Gasteiger partial charge in [-0.2, -0.15) is 0 Å². The molecule has 0 heterocycles. The normalized spacial score (nSPS) is 10.6. The summed E-state index contributed by atoms with van der Waals surface area (Å²) >= 11 is 5.95. The smallest absolute Gasteiger partial charge is 0.335 e. The molecule has 0 atom stereocenters. The average Bonchev–Trinajstić information content (AvgIpc) is 2.23.